The molecule has 210 valence electrons. The van der Waals surface area contributed by atoms with E-state index in [1.807, 2.05) is 33.9 Å². The SMILES string of the molecule is CC(c1ccc2c(c1NC(=O)N([Si](C)(C)C(C)(C)C)S(=N)(=O)c1cc(C(C)(C)O)co1)CCC2)C1CCC1. The molecule has 2 aliphatic rings. The van der Waals surface area contributed by atoms with E-state index in [-0.39, 0.29) is 10.1 Å². The van der Waals surface area contributed by atoms with E-state index in [0.29, 0.717) is 17.4 Å². The van der Waals surface area contributed by atoms with E-state index in [4.69, 9.17) is 9.20 Å². The second-order valence-electron chi connectivity index (χ2n) is 13.3. The van der Waals surface area contributed by atoms with Crippen molar-refractivity contribution in [3.8, 4) is 0 Å². The van der Waals surface area contributed by atoms with Crippen molar-refractivity contribution in [2.75, 3.05) is 5.32 Å². The highest BCUT2D eigenvalue weighted by atomic mass is 32.2. The summed E-state index contributed by atoms with van der Waals surface area (Å²) in [6, 6.07) is 5.32. The summed E-state index contributed by atoms with van der Waals surface area (Å²) < 4.78 is 30.4. The van der Waals surface area contributed by atoms with Crippen LogP contribution in [0.5, 0.6) is 0 Å². The van der Waals surface area contributed by atoms with Gasteiger partial charge in [-0.25, -0.2) is 13.8 Å². The van der Waals surface area contributed by atoms with E-state index in [9.17, 15) is 14.1 Å². The Bertz CT molecular complexity index is 1310. The first-order chi connectivity index (χ1) is 17.5. The van der Waals surface area contributed by atoms with Crippen LogP contribution < -0.4 is 5.32 Å². The third kappa shape index (κ3) is 5.09. The van der Waals surface area contributed by atoms with Gasteiger partial charge < -0.3 is 14.8 Å². The summed E-state index contributed by atoms with van der Waals surface area (Å²) in [5.41, 5.74) is 3.61. The van der Waals surface area contributed by atoms with E-state index in [1.165, 1.54) is 46.7 Å². The minimum Gasteiger partial charge on any atom is -0.452 e. The maximum absolute atomic E-state index is 14.4. The van der Waals surface area contributed by atoms with Gasteiger partial charge in [0.05, 0.1) is 11.9 Å². The Labute approximate surface area is 229 Å². The number of anilines is 1. The van der Waals surface area contributed by atoms with Crippen LogP contribution in [0.3, 0.4) is 0 Å². The molecular weight excluding hydrogens is 514 g/mol. The maximum atomic E-state index is 14.4. The smallest absolute Gasteiger partial charge is 0.326 e. The molecule has 2 aliphatic carbocycles. The van der Waals surface area contributed by atoms with Crippen molar-refractivity contribution in [3.05, 3.63) is 46.7 Å². The van der Waals surface area contributed by atoms with Gasteiger partial charge in [0.25, 0.3) is 0 Å². The predicted octanol–water partition coefficient (Wildman–Crippen LogP) is 7.76. The highest BCUT2D eigenvalue weighted by Gasteiger charge is 2.50. The number of benzene rings is 1. The lowest BCUT2D eigenvalue weighted by Crippen LogP contribution is -2.60. The standard InChI is InChI=1S/C29H45N3O4SSi/c1-19(20-11-9-12-20)23-16-15-21-13-10-14-24(21)26(23)31-27(33)32(38(7,8)28(2,3)4)37(30,35)25-17-22(18-36-25)29(5,6)34/h15-20,30,34H,9-14H2,1-8H3,(H,31,33). The lowest BCUT2D eigenvalue weighted by Gasteiger charge is -2.45. The number of carbonyl (C=O) groups excluding carboxylic acids is 1. The highest BCUT2D eigenvalue weighted by molar-refractivity contribution is 7.92. The Morgan fingerprint density at radius 3 is 2.37 bits per heavy atom. The molecular formula is C29H45N3O4SSi. The lowest BCUT2D eigenvalue weighted by molar-refractivity contribution is 0.0779. The fourth-order valence-electron chi connectivity index (χ4n) is 5.43. The zero-order valence-corrected chi connectivity index (χ0v) is 26.1. The molecule has 2 aromatic rings. The number of urea groups is 1. The van der Waals surface area contributed by atoms with Crippen molar-refractivity contribution in [1.82, 2.24) is 3.97 Å². The molecule has 1 fully saturated rings. The van der Waals surface area contributed by atoms with E-state index in [0.717, 1.165) is 30.5 Å². The molecule has 38 heavy (non-hydrogen) atoms. The summed E-state index contributed by atoms with van der Waals surface area (Å²) in [5, 5.41) is 13.2. The van der Waals surface area contributed by atoms with E-state index in [2.05, 4.69) is 24.4 Å². The first-order valence-corrected chi connectivity index (χ1v) is 18.3. The van der Waals surface area contributed by atoms with Gasteiger partial charge in [0, 0.05) is 17.3 Å². The van der Waals surface area contributed by atoms with Crippen molar-refractivity contribution in [2.45, 2.75) is 115 Å². The summed E-state index contributed by atoms with van der Waals surface area (Å²) in [4.78, 5) is 14.3. The first kappa shape index (κ1) is 28.9. The second kappa shape index (κ2) is 9.82. The Kier molecular flexibility index (Phi) is 7.47. The largest absolute Gasteiger partial charge is 0.452 e. The molecule has 0 bridgehead atoms. The van der Waals surface area contributed by atoms with Gasteiger partial charge in [-0.05, 0) is 92.6 Å². The summed E-state index contributed by atoms with van der Waals surface area (Å²) in [5.74, 6) is 0.913. The van der Waals surface area contributed by atoms with Crippen LogP contribution in [0.1, 0.15) is 95.4 Å². The molecule has 2 amide bonds. The number of carbonyl (C=O) groups is 1. The van der Waals surface area contributed by atoms with Crippen LogP contribution in [0.2, 0.25) is 18.1 Å². The number of rotatable bonds is 7. The third-order valence-corrected chi connectivity index (χ3v) is 17.7. The Morgan fingerprint density at radius 1 is 1.18 bits per heavy atom. The van der Waals surface area contributed by atoms with Crippen LogP contribution in [0.15, 0.2) is 34.0 Å². The normalized spacial score (nSPS) is 18.9. The topological polar surface area (TPSA) is 107 Å². The van der Waals surface area contributed by atoms with Crippen molar-refractivity contribution in [1.29, 1.82) is 4.78 Å². The van der Waals surface area contributed by atoms with Crippen LogP contribution in [-0.4, -0.2) is 27.6 Å². The molecule has 3 N–H and O–H groups in total. The average molecular weight is 560 g/mol. The van der Waals surface area contributed by atoms with Gasteiger partial charge in [0.15, 0.2) is 18.2 Å². The van der Waals surface area contributed by atoms with Crippen LogP contribution >= 0.6 is 0 Å². The molecule has 4 rings (SSSR count). The summed E-state index contributed by atoms with van der Waals surface area (Å²) in [6.45, 7) is 15.5. The molecule has 0 aliphatic heterocycles. The summed E-state index contributed by atoms with van der Waals surface area (Å²) in [7, 11) is -6.71. The maximum Gasteiger partial charge on any atom is 0.326 e. The van der Waals surface area contributed by atoms with Gasteiger partial charge in [0.1, 0.15) is 0 Å². The monoisotopic (exact) mass is 559 g/mol. The molecule has 1 saturated carbocycles. The lowest BCUT2D eigenvalue weighted by atomic mass is 9.73. The number of nitrogens with zero attached hydrogens (tertiary/aromatic N) is 1. The van der Waals surface area contributed by atoms with Crippen molar-refractivity contribution in [3.63, 3.8) is 0 Å². The fourth-order valence-corrected chi connectivity index (χ4v) is 11.2. The van der Waals surface area contributed by atoms with Crippen LogP contribution in [-0.2, 0) is 28.4 Å². The minimum atomic E-state index is -3.85. The second-order valence-corrected chi connectivity index (χ2v) is 20.5. The zero-order chi connectivity index (χ0) is 28.3. The Balaban J connectivity index is 1.80. The van der Waals surface area contributed by atoms with Crippen molar-refractivity contribution >= 4 is 29.9 Å². The average Bonchev–Trinajstić information content (AvgIpc) is 3.41. The van der Waals surface area contributed by atoms with Crippen LogP contribution in [0, 0.1) is 10.7 Å². The van der Waals surface area contributed by atoms with Crippen molar-refractivity contribution < 1.29 is 18.5 Å². The third-order valence-electron chi connectivity index (χ3n) is 9.23. The number of hydrogen-bond donors (Lipinski definition) is 3. The number of aryl methyl sites for hydroxylation is 1. The van der Waals surface area contributed by atoms with Crippen LogP contribution in [0.25, 0.3) is 0 Å². The minimum absolute atomic E-state index is 0.115. The van der Waals surface area contributed by atoms with Gasteiger partial charge in [0.2, 0.25) is 5.09 Å². The predicted molar refractivity (Wildman–Crippen MR) is 155 cm³/mol. The molecule has 1 aromatic heterocycles. The Morgan fingerprint density at radius 2 is 1.84 bits per heavy atom. The molecule has 1 aromatic carbocycles. The van der Waals surface area contributed by atoms with Gasteiger partial charge in [-0.2, -0.15) is 0 Å². The number of furan rings is 1. The number of fused-ring (bicyclic) bond motifs is 1. The molecule has 1 heterocycles. The van der Waals surface area contributed by atoms with Crippen molar-refractivity contribution in [2.24, 2.45) is 5.92 Å². The molecule has 0 radical (unpaired) electrons. The zero-order valence-electron chi connectivity index (χ0n) is 24.2. The van der Waals surface area contributed by atoms with Gasteiger partial charge >= 0.3 is 6.03 Å². The molecule has 7 nitrogen and oxygen atoms in total. The quantitative estimate of drug-likeness (QED) is 0.301. The Hall–Kier alpha value is -2.10. The first-order valence-electron chi connectivity index (χ1n) is 13.8. The molecule has 0 saturated heterocycles. The number of nitrogens with one attached hydrogen (secondary N) is 2. The van der Waals surface area contributed by atoms with E-state index < -0.39 is 29.8 Å². The number of aliphatic hydroxyl groups is 1. The number of hydrogen-bond acceptors (Lipinski definition) is 5. The van der Waals surface area contributed by atoms with Crippen LogP contribution in [0.4, 0.5) is 10.5 Å². The molecule has 0 spiro atoms. The summed E-state index contributed by atoms with van der Waals surface area (Å²) in [6.07, 6.45) is 7.91. The highest BCUT2D eigenvalue weighted by Crippen LogP contribution is 2.45. The van der Waals surface area contributed by atoms with E-state index in [1.54, 1.807) is 13.8 Å². The number of amides is 2. The molecule has 9 heteroatoms. The fraction of sp³-hybridized carbons (Fsp3) is 0.621. The molecule has 2 atom stereocenters. The van der Waals surface area contributed by atoms with Gasteiger partial charge in [-0.15, -0.1) is 0 Å². The summed E-state index contributed by atoms with van der Waals surface area (Å²) >= 11 is 0. The molecule has 2 unspecified atom stereocenters. The van der Waals surface area contributed by atoms with E-state index >= 15 is 0 Å². The van der Waals surface area contributed by atoms with Gasteiger partial charge in [-0.1, -0.05) is 46.2 Å². The van der Waals surface area contributed by atoms with Gasteiger partial charge in [-0.3, -0.25) is 3.97 Å².